The van der Waals surface area contributed by atoms with Gasteiger partial charge in [-0.1, -0.05) is 23.7 Å². The van der Waals surface area contributed by atoms with E-state index in [2.05, 4.69) is 28.9 Å². The summed E-state index contributed by atoms with van der Waals surface area (Å²) < 4.78 is 2.76. The van der Waals surface area contributed by atoms with Gasteiger partial charge in [0.2, 0.25) is 0 Å². The van der Waals surface area contributed by atoms with Gasteiger partial charge < -0.3 is 5.32 Å². The molecule has 0 fully saturated rings. The number of hydrogen-bond acceptors (Lipinski definition) is 3. The first-order valence-corrected chi connectivity index (χ1v) is 8.22. The molecular formula is C15H14ClNS2. The summed E-state index contributed by atoms with van der Waals surface area (Å²) in [7, 11) is 2.02. The molecule has 19 heavy (non-hydrogen) atoms. The van der Waals surface area contributed by atoms with Crippen LogP contribution in [0.2, 0.25) is 5.02 Å². The van der Waals surface area contributed by atoms with Gasteiger partial charge in [0.25, 0.3) is 0 Å². The molecule has 0 saturated carbocycles. The van der Waals surface area contributed by atoms with E-state index in [9.17, 15) is 0 Å². The van der Waals surface area contributed by atoms with Gasteiger partial charge in [0.05, 0.1) is 0 Å². The Morgan fingerprint density at radius 3 is 2.84 bits per heavy atom. The van der Waals surface area contributed by atoms with Crippen LogP contribution in [0.5, 0.6) is 0 Å². The average molecular weight is 308 g/mol. The van der Waals surface area contributed by atoms with E-state index in [4.69, 9.17) is 11.6 Å². The van der Waals surface area contributed by atoms with Crippen molar-refractivity contribution in [2.45, 2.75) is 12.5 Å². The number of rotatable bonds is 4. The molecule has 1 N–H and O–H groups in total. The Kier molecular flexibility index (Phi) is 3.89. The molecule has 0 radical (unpaired) electrons. The SMILES string of the molecule is CNC(Cc1cccc(Cl)c1)c1cc2sccc2s1. The van der Waals surface area contributed by atoms with Crippen LogP contribution in [0.1, 0.15) is 16.5 Å². The van der Waals surface area contributed by atoms with E-state index in [0.29, 0.717) is 6.04 Å². The van der Waals surface area contributed by atoms with Gasteiger partial charge in [0.15, 0.2) is 0 Å². The number of benzene rings is 1. The van der Waals surface area contributed by atoms with E-state index in [1.165, 1.54) is 19.8 Å². The number of likely N-dealkylation sites (N-methyl/N-ethyl adjacent to an activating group) is 1. The van der Waals surface area contributed by atoms with Crippen LogP contribution < -0.4 is 5.32 Å². The second kappa shape index (κ2) is 5.63. The lowest BCUT2D eigenvalue weighted by atomic mass is 10.0. The fourth-order valence-corrected chi connectivity index (χ4v) is 4.64. The van der Waals surface area contributed by atoms with Gasteiger partial charge in [-0.25, -0.2) is 0 Å². The molecule has 0 bridgehead atoms. The predicted molar refractivity (Wildman–Crippen MR) is 86.7 cm³/mol. The minimum atomic E-state index is 0.350. The maximum atomic E-state index is 6.05. The number of fused-ring (bicyclic) bond motifs is 1. The fraction of sp³-hybridized carbons (Fsp3) is 0.200. The maximum Gasteiger partial charge on any atom is 0.0454 e. The third-order valence-corrected chi connectivity index (χ3v) is 5.62. The van der Waals surface area contributed by atoms with Crippen molar-refractivity contribution in [1.29, 1.82) is 0 Å². The van der Waals surface area contributed by atoms with Gasteiger partial charge in [-0.3, -0.25) is 0 Å². The number of nitrogens with one attached hydrogen (secondary N) is 1. The molecule has 1 atom stereocenters. The lowest BCUT2D eigenvalue weighted by Crippen LogP contribution is -2.17. The Balaban J connectivity index is 1.86. The molecule has 0 aliphatic heterocycles. The Morgan fingerprint density at radius 2 is 2.11 bits per heavy atom. The van der Waals surface area contributed by atoms with Crippen molar-refractivity contribution in [2.75, 3.05) is 7.05 Å². The Labute approximate surface area is 125 Å². The van der Waals surface area contributed by atoms with Gasteiger partial charge in [-0.2, -0.15) is 0 Å². The Bertz CT molecular complexity index is 658. The summed E-state index contributed by atoms with van der Waals surface area (Å²) in [5, 5.41) is 6.36. The molecule has 1 unspecified atom stereocenters. The monoisotopic (exact) mass is 307 g/mol. The average Bonchev–Trinajstić information content (AvgIpc) is 2.96. The standard InChI is InChI=1S/C15H14ClNS2/c1-17-12(8-10-3-2-4-11(16)7-10)14-9-15-13(19-14)5-6-18-15/h2-7,9,12,17H,8H2,1H3. The topological polar surface area (TPSA) is 12.0 Å². The van der Waals surface area contributed by atoms with Crippen LogP contribution in [-0.4, -0.2) is 7.05 Å². The quantitative estimate of drug-likeness (QED) is 0.705. The highest BCUT2D eigenvalue weighted by Gasteiger charge is 2.14. The highest BCUT2D eigenvalue weighted by molar-refractivity contribution is 7.26. The van der Waals surface area contributed by atoms with Crippen molar-refractivity contribution in [3.8, 4) is 0 Å². The van der Waals surface area contributed by atoms with E-state index >= 15 is 0 Å². The zero-order valence-corrected chi connectivity index (χ0v) is 12.9. The van der Waals surface area contributed by atoms with Gasteiger partial charge in [0, 0.05) is 25.3 Å². The molecular weight excluding hydrogens is 294 g/mol. The minimum absolute atomic E-state index is 0.350. The summed E-state index contributed by atoms with van der Waals surface area (Å²) in [6.07, 6.45) is 0.963. The van der Waals surface area contributed by atoms with Crippen molar-refractivity contribution in [3.05, 3.63) is 57.2 Å². The molecule has 1 aromatic carbocycles. The molecule has 0 amide bonds. The summed E-state index contributed by atoms with van der Waals surface area (Å²) in [6.45, 7) is 0. The van der Waals surface area contributed by atoms with Crippen molar-refractivity contribution in [1.82, 2.24) is 5.32 Å². The maximum absolute atomic E-state index is 6.05. The summed E-state index contributed by atoms with van der Waals surface area (Å²) in [4.78, 5) is 1.39. The predicted octanol–water partition coefficient (Wildman–Crippen LogP) is 5.12. The highest BCUT2D eigenvalue weighted by atomic mass is 35.5. The van der Waals surface area contributed by atoms with Crippen LogP contribution in [0.25, 0.3) is 9.40 Å². The van der Waals surface area contributed by atoms with Gasteiger partial charge in [-0.15, -0.1) is 22.7 Å². The number of hydrogen-bond donors (Lipinski definition) is 1. The molecule has 1 nitrogen and oxygen atoms in total. The Hall–Kier alpha value is -0.870. The second-order valence-electron chi connectivity index (χ2n) is 4.47. The molecule has 0 aliphatic rings. The zero-order valence-electron chi connectivity index (χ0n) is 10.5. The number of thiophene rings is 2. The first-order chi connectivity index (χ1) is 9.26. The van der Waals surface area contributed by atoms with Crippen molar-refractivity contribution < 1.29 is 0 Å². The van der Waals surface area contributed by atoms with Crippen LogP contribution in [0, 0.1) is 0 Å². The smallest absolute Gasteiger partial charge is 0.0454 e. The van der Waals surface area contributed by atoms with E-state index in [1.54, 1.807) is 11.3 Å². The fourth-order valence-electron chi connectivity index (χ4n) is 2.20. The largest absolute Gasteiger partial charge is 0.312 e. The van der Waals surface area contributed by atoms with Crippen molar-refractivity contribution >= 4 is 43.7 Å². The van der Waals surface area contributed by atoms with Crippen LogP contribution in [0.4, 0.5) is 0 Å². The second-order valence-corrected chi connectivity index (χ2v) is 6.97. The first kappa shape index (κ1) is 13.1. The van der Waals surface area contributed by atoms with Crippen LogP contribution in [0.15, 0.2) is 41.8 Å². The van der Waals surface area contributed by atoms with E-state index in [0.717, 1.165) is 11.4 Å². The molecule has 4 heteroatoms. The van der Waals surface area contributed by atoms with Gasteiger partial charge in [0.1, 0.15) is 0 Å². The highest BCUT2D eigenvalue weighted by Crippen LogP contribution is 2.34. The third kappa shape index (κ3) is 2.84. The summed E-state index contributed by atoms with van der Waals surface area (Å²) in [6, 6.07) is 12.9. The molecule has 3 rings (SSSR count). The molecule has 0 aliphatic carbocycles. The van der Waals surface area contributed by atoms with E-state index in [-0.39, 0.29) is 0 Å². The molecule has 98 valence electrons. The molecule has 0 saturated heterocycles. The number of halogens is 1. The third-order valence-electron chi connectivity index (χ3n) is 3.18. The first-order valence-electron chi connectivity index (χ1n) is 6.15. The van der Waals surface area contributed by atoms with Crippen molar-refractivity contribution in [2.24, 2.45) is 0 Å². The van der Waals surface area contributed by atoms with Crippen LogP contribution in [0.3, 0.4) is 0 Å². The van der Waals surface area contributed by atoms with Crippen molar-refractivity contribution in [3.63, 3.8) is 0 Å². The molecule has 3 aromatic rings. The Morgan fingerprint density at radius 1 is 1.21 bits per heavy atom. The van der Waals surface area contributed by atoms with E-state index in [1.807, 2.05) is 36.6 Å². The van der Waals surface area contributed by atoms with Crippen LogP contribution in [-0.2, 0) is 6.42 Å². The summed E-state index contributed by atoms with van der Waals surface area (Å²) >= 11 is 9.73. The molecule has 2 aromatic heterocycles. The van der Waals surface area contributed by atoms with Gasteiger partial charge >= 0.3 is 0 Å². The normalized spacial score (nSPS) is 12.9. The lowest BCUT2D eigenvalue weighted by Gasteiger charge is -2.14. The minimum Gasteiger partial charge on any atom is -0.312 e. The molecule has 2 heterocycles. The van der Waals surface area contributed by atoms with E-state index < -0.39 is 0 Å². The lowest BCUT2D eigenvalue weighted by molar-refractivity contribution is 0.602. The van der Waals surface area contributed by atoms with Gasteiger partial charge in [-0.05, 0) is 48.7 Å². The molecule has 0 spiro atoms. The zero-order chi connectivity index (χ0) is 13.2. The summed E-state index contributed by atoms with van der Waals surface area (Å²) in [5.41, 5.74) is 1.27. The summed E-state index contributed by atoms with van der Waals surface area (Å²) in [5.74, 6) is 0. The van der Waals surface area contributed by atoms with Crippen LogP contribution >= 0.6 is 34.3 Å².